The van der Waals surface area contributed by atoms with Gasteiger partial charge in [0.2, 0.25) is 5.91 Å². The molecule has 3 fully saturated rings. The number of aromatic nitrogens is 1. The van der Waals surface area contributed by atoms with E-state index >= 15 is 0 Å². The number of carbonyl (C=O) groups is 4. The minimum atomic E-state index is -5.11. The number of aliphatic hydroxyl groups is 1. The summed E-state index contributed by atoms with van der Waals surface area (Å²) in [7, 11) is 1.72. The number of pyridine rings is 1. The van der Waals surface area contributed by atoms with Gasteiger partial charge in [0.25, 0.3) is 5.91 Å². The lowest BCUT2D eigenvalue weighted by Crippen LogP contribution is -2.63. The van der Waals surface area contributed by atoms with Gasteiger partial charge in [-0.1, -0.05) is 48.2 Å². The maximum Gasteiger partial charge on any atom is 0.407 e. The molecule has 4 amide bonds. The fourth-order valence-corrected chi connectivity index (χ4v) is 9.30. The Bertz CT molecular complexity index is 2680. The summed E-state index contributed by atoms with van der Waals surface area (Å²) in [6.07, 6.45) is -9.44. The predicted octanol–water partition coefficient (Wildman–Crippen LogP) is 5.77. The molecule has 0 aliphatic carbocycles. The van der Waals surface area contributed by atoms with Crippen LogP contribution in [0.1, 0.15) is 68.4 Å². The zero-order valence-corrected chi connectivity index (χ0v) is 44.1. The van der Waals surface area contributed by atoms with Crippen molar-refractivity contribution in [2.24, 2.45) is 10.8 Å². The lowest BCUT2D eigenvalue weighted by Gasteiger charge is -2.47. The number of aliphatic hydroxyl groups excluding tert-OH is 1. The Hall–Kier alpha value is -7.08. The Kier molecular flexibility index (Phi) is 20.0. The Balaban J connectivity index is 1.28. The molecule has 2 bridgehead atoms. The number of rotatable bonds is 21. The lowest BCUT2D eigenvalue weighted by atomic mass is 9.82. The predicted molar refractivity (Wildman–Crippen MR) is 272 cm³/mol. The molecule has 430 valence electrons. The Morgan fingerprint density at radius 1 is 0.785 bits per heavy atom. The molecule has 6 atom stereocenters. The van der Waals surface area contributed by atoms with Crippen LogP contribution in [0.15, 0.2) is 79.1 Å². The third kappa shape index (κ3) is 15.6. The van der Waals surface area contributed by atoms with E-state index in [2.05, 4.69) is 41.9 Å². The second-order valence-corrected chi connectivity index (χ2v) is 20.5. The van der Waals surface area contributed by atoms with Crippen LogP contribution in [0.3, 0.4) is 0 Å². The molecule has 0 spiro atoms. The number of carbonyl (C=O) groups excluding carboxylic acids is 4. The fraction of sp³-hybridized carbons (Fsp3) is 0.509. The van der Waals surface area contributed by atoms with E-state index in [1.54, 1.807) is 35.8 Å². The summed E-state index contributed by atoms with van der Waals surface area (Å²) in [5.74, 6) is 4.08. The number of fused-ring (bicyclic) bond motifs is 2. The van der Waals surface area contributed by atoms with Gasteiger partial charge in [-0.15, -0.1) is 0 Å². The molecular formula is C53H64F8N10O8. The van der Waals surface area contributed by atoms with Gasteiger partial charge in [-0.05, 0) is 94.0 Å². The van der Waals surface area contributed by atoms with Crippen LogP contribution in [0.2, 0.25) is 0 Å². The van der Waals surface area contributed by atoms with Gasteiger partial charge in [-0.25, -0.2) is 19.6 Å². The van der Waals surface area contributed by atoms with Crippen molar-refractivity contribution < 1.29 is 73.6 Å². The number of piperazine rings is 1. The second-order valence-electron chi connectivity index (χ2n) is 20.5. The monoisotopic (exact) mass is 1120 g/mol. The number of hydrazine groups is 1. The number of allylic oxidation sites excluding steroid dienone is 1. The molecule has 2 aromatic carbocycles. The minimum Gasteiger partial charge on any atom is -0.453 e. The highest BCUT2D eigenvalue weighted by atomic mass is 19.4. The van der Waals surface area contributed by atoms with Crippen molar-refractivity contribution in [1.82, 2.24) is 41.6 Å². The van der Waals surface area contributed by atoms with E-state index < -0.39 is 91.1 Å². The molecule has 79 heavy (non-hydrogen) atoms. The van der Waals surface area contributed by atoms with E-state index in [0.29, 0.717) is 62.5 Å². The standard InChI is InChI=1S/C53H64F8N10O8/c1-50(2,52(56,57)58)43(66-48(75)77-5)45(73)65-40(23-32-10-7-31(8-11-32)9-12-33-15-20-42(64-24-33)69-26-36-18-19-37(27-69)71(36)38-29-79-30-38)41(72)28-70(25-34-13-16-35(17-14-34)39(62)21-22-63-47(54)55)68-46(74)44(67-49(76)78-6)51(3,4)53(59,60)61/h7-8,10-11,13-17,20-22,24,36-38,40-41,43-44,47,62-63,72H,18-19,23,25-30H2,1-6H3,(H,65,73)(H,66,75)(H,67,76)(H,68,74)/b22-21-,62-39?/t36?,37?,40-,41-,43+,44+/m0/s1. The molecule has 3 saturated heterocycles. The molecule has 1 aromatic heterocycles. The van der Waals surface area contributed by atoms with E-state index in [1.807, 2.05) is 22.8 Å². The summed E-state index contributed by atoms with van der Waals surface area (Å²) in [6.45, 7) is 1.71. The first-order valence-electron chi connectivity index (χ1n) is 25.0. The van der Waals surface area contributed by atoms with Crippen LogP contribution >= 0.6 is 0 Å². The lowest BCUT2D eigenvalue weighted by molar-refractivity contribution is -0.221. The first kappa shape index (κ1) is 61.1. The van der Waals surface area contributed by atoms with Crippen LogP contribution in [0.5, 0.6) is 0 Å². The quantitative estimate of drug-likeness (QED) is 0.0222. The van der Waals surface area contributed by atoms with Crippen LogP contribution < -0.4 is 31.6 Å². The van der Waals surface area contributed by atoms with Gasteiger partial charge >= 0.3 is 31.1 Å². The highest BCUT2D eigenvalue weighted by molar-refractivity contribution is 6.06. The van der Waals surface area contributed by atoms with Crippen LogP contribution in [0.25, 0.3) is 0 Å². The maximum atomic E-state index is 14.6. The molecule has 6 rings (SSSR count). The third-order valence-electron chi connectivity index (χ3n) is 14.3. The molecule has 18 nitrogen and oxygen atoms in total. The first-order chi connectivity index (χ1) is 37.1. The van der Waals surface area contributed by atoms with Crippen LogP contribution in [-0.4, -0.2) is 158 Å². The molecule has 26 heteroatoms. The Morgan fingerprint density at radius 2 is 1.32 bits per heavy atom. The van der Waals surface area contributed by atoms with Crippen molar-refractivity contribution in [3.63, 3.8) is 0 Å². The number of hydrogen-bond donors (Lipinski definition) is 7. The molecule has 2 unspecified atom stereocenters. The molecule has 7 N–H and O–H groups in total. The van der Waals surface area contributed by atoms with E-state index in [-0.39, 0.29) is 23.3 Å². The number of methoxy groups -OCH3 is 2. The van der Waals surface area contributed by atoms with Crippen molar-refractivity contribution in [1.29, 1.82) is 5.41 Å². The average molecular weight is 1120 g/mol. The fourth-order valence-electron chi connectivity index (χ4n) is 9.30. The van der Waals surface area contributed by atoms with Crippen LogP contribution in [-0.2, 0) is 36.8 Å². The number of nitrogens with one attached hydrogen (secondary N) is 6. The number of benzene rings is 2. The number of ether oxygens (including phenoxy) is 3. The first-order valence-corrected chi connectivity index (χ1v) is 25.0. The summed E-state index contributed by atoms with van der Waals surface area (Å²) < 4.78 is 127. The SMILES string of the molecule is COC(=O)N[C@H](C(=O)N[C@@H](Cc1ccc(C#Cc2ccc(N3CC4CCC(C3)N4C3COC3)nc2)cc1)[C@@H](O)CN(Cc1ccc(C(=N)/C=C\NC(F)F)cc1)NC(=O)[C@@H](NC(=O)OC)C(C)(C)C(F)(F)F)C(C)(C)C(F)(F)F. The molecule has 3 aromatic rings. The van der Waals surface area contributed by atoms with Gasteiger partial charge in [0.1, 0.15) is 17.9 Å². The number of hydrogen-bond acceptors (Lipinski definition) is 14. The maximum absolute atomic E-state index is 14.6. The van der Waals surface area contributed by atoms with Crippen molar-refractivity contribution in [3.05, 3.63) is 107 Å². The molecule has 3 aliphatic rings. The molecule has 4 heterocycles. The largest absolute Gasteiger partial charge is 0.453 e. The van der Waals surface area contributed by atoms with Gasteiger partial charge in [0.05, 0.1) is 62.2 Å². The van der Waals surface area contributed by atoms with Gasteiger partial charge in [0, 0.05) is 61.8 Å². The summed E-state index contributed by atoms with van der Waals surface area (Å²) in [6, 6.07) is 10.8. The van der Waals surface area contributed by atoms with E-state index in [0.717, 1.165) is 76.5 Å². The van der Waals surface area contributed by atoms with Crippen molar-refractivity contribution in [3.8, 4) is 11.8 Å². The highest BCUT2D eigenvalue weighted by Crippen LogP contribution is 2.42. The number of alkyl carbamates (subject to hydrolysis) is 2. The second kappa shape index (κ2) is 25.8. The van der Waals surface area contributed by atoms with Crippen molar-refractivity contribution >= 4 is 35.5 Å². The molecule has 0 saturated carbocycles. The van der Waals surface area contributed by atoms with Crippen molar-refractivity contribution in [2.45, 2.75) is 115 Å². The van der Waals surface area contributed by atoms with Gasteiger partial charge in [0.15, 0.2) is 0 Å². The number of amides is 4. The number of anilines is 1. The average Bonchev–Trinajstić information content (AvgIpc) is 3.75. The Labute approximate surface area is 451 Å². The molecule has 0 radical (unpaired) electrons. The van der Waals surface area contributed by atoms with Gasteiger partial charge < -0.3 is 50.9 Å². The van der Waals surface area contributed by atoms with E-state index in [4.69, 9.17) is 15.1 Å². The highest BCUT2D eigenvalue weighted by Gasteiger charge is 2.57. The zero-order valence-electron chi connectivity index (χ0n) is 44.1. The Morgan fingerprint density at radius 3 is 1.81 bits per heavy atom. The number of halogens is 8. The smallest absolute Gasteiger partial charge is 0.407 e. The summed E-state index contributed by atoms with van der Waals surface area (Å²) in [4.78, 5) is 62.4. The summed E-state index contributed by atoms with van der Waals surface area (Å²) >= 11 is 0. The summed E-state index contributed by atoms with van der Waals surface area (Å²) in [5.41, 5.74) is -1.83. The van der Waals surface area contributed by atoms with E-state index in [9.17, 15) is 59.4 Å². The van der Waals surface area contributed by atoms with E-state index in [1.165, 1.54) is 24.3 Å². The number of nitrogens with zero attached hydrogens (tertiary/aromatic N) is 4. The topological polar surface area (TPSA) is 223 Å². The summed E-state index contributed by atoms with van der Waals surface area (Å²) in [5, 5.41) is 29.2. The van der Waals surface area contributed by atoms with Crippen molar-refractivity contribution in [2.75, 3.05) is 52.0 Å². The van der Waals surface area contributed by atoms with Gasteiger partial charge in [-0.2, -0.15) is 35.1 Å². The third-order valence-corrected chi connectivity index (χ3v) is 14.3. The van der Waals surface area contributed by atoms with Crippen LogP contribution in [0.4, 0.5) is 50.5 Å². The normalized spacial score (nSPS) is 18.6. The molecule has 3 aliphatic heterocycles. The van der Waals surface area contributed by atoms with Gasteiger partial charge in [-0.3, -0.25) is 19.9 Å². The van der Waals surface area contributed by atoms with Crippen LogP contribution in [0, 0.1) is 28.1 Å². The number of alkyl halides is 8. The zero-order chi connectivity index (χ0) is 58.0. The molecular weight excluding hydrogens is 1060 g/mol. The minimum absolute atomic E-state index is 0.215.